The van der Waals surface area contributed by atoms with Crippen LogP contribution in [0.15, 0.2) is 12.2 Å². The van der Waals surface area contributed by atoms with E-state index in [-0.39, 0.29) is 6.10 Å². The molecule has 0 saturated carbocycles. The van der Waals surface area contributed by atoms with E-state index in [0.29, 0.717) is 6.61 Å². The largest absolute Gasteiger partial charge is 0.463 e. The van der Waals surface area contributed by atoms with Gasteiger partial charge in [-0.2, -0.15) is 0 Å². The number of carbonyl (C=O) groups excluding carboxylic acids is 2. The van der Waals surface area contributed by atoms with Crippen LogP contribution in [-0.2, 0) is 19.1 Å². The first-order chi connectivity index (χ1) is 17.1. The highest BCUT2D eigenvalue weighted by atomic mass is 16.5. The summed E-state index contributed by atoms with van der Waals surface area (Å²) in [6.07, 6.45) is 30.2. The summed E-state index contributed by atoms with van der Waals surface area (Å²) >= 11 is 0. The Morgan fingerprint density at radius 2 is 0.943 bits per heavy atom. The maximum Gasteiger partial charge on any atom is 0.331 e. The van der Waals surface area contributed by atoms with Crippen molar-refractivity contribution in [3.8, 4) is 0 Å². The monoisotopic (exact) mass is 494 g/mol. The Balaban J connectivity index is 3.40. The normalized spacial score (nSPS) is 12.2. The Hall–Kier alpha value is -1.32. The van der Waals surface area contributed by atoms with E-state index in [1.807, 2.05) is 6.92 Å². The summed E-state index contributed by atoms with van der Waals surface area (Å²) in [6, 6.07) is 0. The van der Waals surface area contributed by atoms with Crippen molar-refractivity contribution in [1.82, 2.24) is 0 Å². The molecule has 0 fully saturated rings. The first-order valence-corrected chi connectivity index (χ1v) is 15.2. The lowest BCUT2D eigenvalue weighted by Crippen LogP contribution is -2.16. The number of unbranched alkanes of at least 4 members (excludes halogenated alkanes) is 18. The van der Waals surface area contributed by atoms with Crippen molar-refractivity contribution in [2.24, 2.45) is 0 Å². The second-order valence-electron chi connectivity index (χ2n) is 10.1. The highest BCUT2D eigenvalue weighted by molar-refractivity contribution is 5.91. The Labute approximate surface area is 218 Å². The molecule has 1 atom stereocenters. The second-order valence-corrected chi connectivity index (χ2v) is 10.1. The molecule has 0 saturated heterocycles. The minimum atomic E-state index is -0.462. The zero-order valence-electron chi connectivity index (χ0n) is 23.6. The quantitative estimate of drug-likeness (QED) is 0.0682. The molecule has 0 aromatic rings. The van der Waals surface area contributed by atoms with Crippen LogP contribution in [0.3, 0.4) is 0 Å². The van der Waals surface area contributed by atoms with Crippen molar-refractivity contribution >= 4 is 11.9 Å². The molecule has 0 bridgehead atoms. The molecule has 0 aliphatic carbocycles. The first kappa shape index (κ1) is 33.7. The summed E-state index contributed by atoms with van der Waals surface area (Å²) in [7, 11) is 0. The molecule has 0 aliphatic heterocycles. The summed E-state index contributed by atoms with van der Waals surface area (Å²) in [4.78, 5) is 23.6. The van der Waals surface area contributed by atoms with Crippen LogP contribution in [0.2, 0.25) is 0 Å². The number of ether oxygens (including phenoxy) is 2. The van der Waals surface area contributed by atoms with E-state index in [1.54, 1.807) is 0 Å². The Morgan fingerprint density at radius 3 is 1.37 bits per heavy atom. The molecule has 35 heavy (non-hydrogen) atoms. The molecular weight excluding hydrogens is 436 g/mol. The zero-order valence-corrected chi connectivity index (χ0v) is 23.6. The van der Waals surface area contributed by atoms with Crippen LogP contribution in [0.4, 0.5) is 0 Å². The average Bonchev–Trinajstić information content (AvgIpc) is 2.86. The topological polar surface area (TPSA) is 52.6 Å². The van der Waals surface area contributed by atoms with E-state index < -0.39 is 11.9 Å². The molecule has 4 heteroatoms. The smallest absolute Gasteiger partial charge is 0.331 e. The van der Waals surface area contributed by atoms with Gasteiger partial charge in [0.15, 0.2) is 0 Å². The molecule has 0 spiro atoms. The summed E-state index contributed by atoms with van der Waals surface area (Å²) in [6.45, 7) is 6.82. The number of esters is 2. The molecule has 206 valence electrons. The highest BCUT2D eigenvalue weighted by Crippen LogP contribution is 2.14. The predicted molar refractivity (Wildman–Crippen MR) is 149 cm³/mol. The van der Waals surface area contributed by atoms with Gasteiger partial charge in [0.2, 0.25) is 0 Å². The van der Waals surface area contributed by atoms with E-state index >= 15 is 0 Å². The lowest BCUT2D eigenvalue weighted by Gasteiger charge is -2.14. The first-order valence-electron chi connectivity index (χ1n) is 15.2. The van der Waals surface area contributed by atoms with Gasteiger partial charge >= 0.3 is 11.9 Å². The van der Waals surface area contributed by atoms with Gasteiger partial charge in [0, 0.05) is 12.2 Å². The van der Waals surface area contributed by atoms with Gasteiger partial charge in [0.25, 0.3) is 0 Å². The number of hydrogen-bond donors (Lipinski definition) is 0. The number of hydrogen-bond acceptors (Lipinski definition) is 4. The summed E-state index contributed by atoms with van der Waals surface area (Å²) in [5.74, 6) is -0.923. The Morgan fingerprint density at radius 1 is 0.543 bits per heavy atom. The van der Waals surface area contributed by atoms with Crippen LogP contribution in [0, 0.1) is 0 Å². The fourth-order valence-electron chi connectivity index (χ4n) is 4.34. The van der Waals surface area contributed by atoms with Gasteiger partial charge in [0.1, 0.15) is 6.10 Å². The van der Waals surface area contributed by atoms with Gasteiger partial charge in [-0.25, -0.2) is 9.59 Å². The molecule has 0 aromatic carbocycles. The van der Waals surface area contributed by atoms with Crippen molar-refractivity contribution in [3.05, 3.63) is 12.2 Å². The molecule has 0 aromatic heterocycles. The zero-order chi connectivity index (χ0) is 25.8. The molecule has 0 radical (unpaired) electrons. The van der Waals surface area contributed by atoms with Crippen LogP contribution in [0.5, 0.6) is 0 Å². The Kier molecular flexibility index (Phi) is 26.2. The maximum absolute atomic E-state index is 11.8. The standard InChI is InChI=1S/C31H58O4/c1-4-7-9-10-11-12-13-14-15-16-17-18-19-20-21-22-23-24-28-34-30(32)26-27-31(33)35-29(6-3)25-8-5-2/h26-27,29H,4-25,28H2,1-3H3/b27-26+. The molecule has 0 amide bonds. The van der Waals surface area contributed by atoms with Crippen molar-refractivity contribution in [2.45, 2.75) is 168 Å². The van der Waals surface area contributed by atoms with Crippen molar-refractivity contribution in [2.75, 3.05) is 6.61 Å². The van der Waals surface area contributed by atoms with Gasteiger partial charge < -0.3 is 9.47 Å². The van der Waals surface area contributed by atoms with Gasteiger partial charge in [-0.15, -0.1) is 0 Å². The third-order valence-electron chi connectivity index (χ3n) is 6.72. The lowest BCUT2D eigenvalue weighted by atomic mass is 10.0. The van der Waals surface area contributed by atoms with E-state index in [2.05, 4.69) is 13.8 Å². The molecule has 0 aliphatic rings. The third-order valence-corrected chi connectivity index (χ3v) is 6.72. The summed E-state index contributed by atoms with van der Waals surface area (Å²) in [5, 5.41) is 0. The summed E-state index contributed by atoms with van der Waals surface area (Å²) in [5.41, 5.74) is 0. The van der Waals surface area contributed by atoms with Crippen molar-refractivity contribution < 1.29 is 19.1 Å². The fraction of sp³-hybridized carbons (Fsp3) is 0.871. The minimum absolute atomic E-state index is 0.0668. The summed E-state index contributed by atoms with van der Waals surface area (Å²) < 4.78 is 10.5. The van der Waals surface area contributed by atoms with Gasteiger partial charge in [-0.05, 0) is 19.3 Å². The molecule has 0 N–H and O–H groups in total. The van der Waals surface area contributed by atoms with Crippen LogP contribution in [0.1, 0.15) is 162 Å². The van der Waals surface area contributed by atoms with Crippen molar-refractivity contribution in [3.63, 3.8) is 0 Å². The van der Waals surface area contributed by atoms with E-state index in [9.17, 15) is 9.59 Å². The fourth-order valence-corrected chi connectivity index (χ4v) is 4.34. The second kappa shape index (κ2) is 27.3. The van der Waals surface area contributed by atoms with Gasteiger partial charge in [-0.3, -0.25) is 0 Å². The van der Waals surface area contributed by atoms with Crippen LogP contribution >= 0.6 is 0 Å². The predicted octanol–water partition coefficient (Wildman–Crippen LogP) is 9.64. The van der Waals surface area contributed by atoms with E-state index in [4.69, 9.17) is 9.47 Å². The van der Waals surface area contributed by atoms with E-state index in [1.165, 1.54) is 115 Å². The number of rotatable bonds is 26. The molecule has 1 unspecified atom stereocenters. The van der Waals surface area contributed by atoms with E-state index in [0.717, 1.165) is 38.5 Å². The number of carbonyl (C=O) groups is 2. The van der Waals surface area contributed by atoms with Crippen LogP contribution in [0.25, 0.3) is 0 Å². The molecular formula is C31H58O4. The van der Waals surface area contributed by atoms with Crippen LogP contribution in [-0.4, -0.2) is 24.6 Å². The maximum atomic E-state index is 11.8. The molecule has 0 heterocycles. The SMILES string of the molecule is CCCCCCCCCCCCCCCCCCCCOC(=O)/C=C/C(=O)OC(CC)CCCC. The molecule has 0 rings (SSSR count). The van der Waals surface area contributed by atoms with Crippen molar-refractivity contribution in [1.29, 1.82) is 0 Å². The van der Waals surface area contributed by atoms with Gasteiger partial charge in [0.05, 0.1) is 6.61 Å². The highest BCUT2D eigenvalue weighted by Gasteiger charge is 2.10. The average molecular weight is 495 g/mol. The van der Waals surface area contributed by atoms with Crippen LogP contribution < -0.4 is 0 Å². The molecule has 4 nitrogen and oxygen atoms in total. The van der Waals surface area contributed by atoms with Gasteiger partial charge in [-0.1, -0.05) is 143 Å². The Bertz CT molecular complexity index is 500. The minimum Gasteiger partial charge on any atom is -0.463 e. The third kappa shape index (κ3) is 25.6. The lowest BCUT2D eigenvalue weighted by molar-refractivity contribution is -0.144.